The summed E-state index contributed by atoms with van der Waals surface area (Å²) in [6.45, 7) is 2.90. The number of aromatic nitrogens is 2. The fourth-order valence-corrected chi connectivity index (χ4v) is 1.69. The van der Waals surface area contributed by atoms with Crippen LogP contribution in [0.2, 0.25) is 0 Å². The van der Waals surface area contributed by atoms with Gasteiger partial charge >= 0.3 is 0 Å². The second kappa shape index (κ2) is 3.89. The number of rotatable bonds is 2. The molecule has 1 saturated heterocycles. The predicted molar refractivity (Wildman–Crippen MR) is 49.1 cm³/mol. The second-order valence-corrected chi connectivity index (χ2v) is 3.59. The van der Waals surface area contributed by atoms with Crippen LogP contribution >= 0.6 is 0 Å². The van der Waals surface area contributed by atoms with Gasteiger partial charge in [-0.05, 0) is 18.9 Å². The van der Waals surface area contributed by atoms with Crippen LogP contribution in [0.3, 0.4) is 0 Å². The first-order chi connectivity index (χ1) is 6.34. The molecule has 0 aromatic carbocycles. The molecule has 2 heterocycles. The Hall–Kier alpha value is -0.870. The Kier molecular flexibility index (Phi) is 2.61. The number of aliphatic hydroxyl groups is 1. The van der Waals surface area contributed by atoms with Crippen LogP contribution in [-0.4, -0.2) is 39.4 Å². The molecule has 0 atom stereocenters. The molecule has 0 aliphatic carbocycles. The molecule has 0 saturated carbocycles. The topological polar surface area (TPSA) is 52.1 Å². The number of nitrogens with zero attached hydrogens (tertiary/aromatic N) is 2. The van der Waals surface area contributed by atoms with Gasteiger partial charge in [-0.25, -0.2) is 0 Å². The molecule has 1 fully saturated rings. The van der Waals surface area contributed by atoms with E-state index < -0.39 is 0 Å². The molecule has 2 N–H and O–H groups in total. The lowest BCUT2D eigenvalue weighted by Gasteiger charge is -2.28. The summed E-state index contributed by atoms with van der Waals surface area (Å²) in [6.07, 6.45) is 3.48. The van der Waals surface area contributed by atoms with E-state index in [4.69, 9.17) is 0 Å². The third-order valence-electron chi connectivity index (χ3n) is 2.51. The highest BCUT2D eigenvalue weighted by molar-refractivity contribution is 4.97. The lowest BCUT2D eigenvalue weighted by molar-refractivity contribution is 0.0786. The maximum atomic E-state index is 9.31. The van der Waals surface area contributed by atoms with Gasteiger partial charge in [0.1, 0.15) is 0 Å². The molecule has 0 bridgehead atoms. The molecule has 0 amide bonds. The maximum Gasteiger partial charge on any atom is 0.0564 e. The van der Waals surface area contributed by atoms with Crippen LogP contribution in [0.4, 0.5) is 0 Å². The van der Waals surface area contributed by atoms with Crippen molar-refractivity contribution < 1.29 is 5.11 Å². The number of aromatic amines is 1. The van der Waals surface area contributed by atoms with E-state index >= 15 is 0 Å². The van der Waals surface area contributed by atoms with Gasteiger partial charge in [-0.1, -0.05) is 0 Å². The van der Waals surface area contributed by atoms with E-state index in [0.717, 1.165) is 38.2 Å². The van der Waals surface area contributed by atoms with E-state index in [1.165, 1.54) is 0 Å². The summed E-state index contributed by atoms with van der Waals surface area (Å²) in [5.74, 6) is 0. The van der Waals surface area contributed by atoms with Crippen LogP contribution in [0.25, 0.3) is 0 Å². The Morgan fingerprint density at radius 2 is 2.31 bits per heavy atom. The van der Waals surface area contributed by atoms with Crippen LogP contribution in [0.1, 0.15) is 18.5 Å². The number of hydrogen-bond donors (Lipinski definition) is 2. The van der Waals surface area contributed by atoms with E-state index in [-0.39, 0.29) is 6.10 Å². The molecule has 72 valence electrons. The molecular formula is C9H15N3O. The van der Waals surface area contributed by atoms with Gasteiger partial charge in [0, 0.05) is 31.5 Å². The van der Waals surface area contributed by atoms with Gasteiger partial charge in [0.2, 0.25) is 0 Å². The van der Waals surface area contributed by atoms with E-state index in [2.05, 4.69) is 15.1 Å². The fourth-order valence-electron chi connectivity index (χ4n) is 1.69. The summed E-state index contributed by atoms with van der Waals surface area (Å²) >= 11 is 0. The summed E-state index contributed by atoms with van der Waals surface area (Å²) in [7, 11) is 0. The first kappa shape index (κ1) is 8.72. The smallest absolute Gasteiger partial charge is 0.0564 e. The molecule has 1 aromatic heterocycles. The van der Waals surface area contributed by atoms with E-state index in [1.54, 1.807) is 6.20 Å². The summed E-state index contributed by atoms with van der Waals surface area (Å²) in [5, 5.41) is 16.1. The van der Waals surface area contributed by atoms with Gasteiger partial charge in [-0.3, -0.25) is 10.00 Å². The van der Waals surface area contributed by atoms with Crippen molar-refractivity contribution in [3.05, 3.63) is 18.0 Å². The molecule has 4 nitrogen and oxygen atoms in total. The van der Waals surface area contributed by atoms with Crippen molar-refractivity contribution >= 4 is 0 Å². The Labute approximate surface area is 77.6 Å². The van der Waals surface area contributed by atoms with Crippen molar-refractivity contribution in [1.29, 1.82) is 0 Å². The number of hydrogen-bond acceptors (Lipinski definition) is 3. The molecule has 0 unspecified atom stereocenters. The normalized spacial score (nSPS) is 20.7. The molecule has 0 spiro atoms. The number of nitrogens with one attached hydrogen (secondary N) is 1. The van der Waals surface area contributed by atoms with Crippen molar-refractivity contribution in [2.45, 2.75) is 25.5 Å². The first-order valence-electron chi connectivity index (χ1n) is 4.73. The van der Waals surface area contributed by atoms with Gasteiger partial charge < -0.3 is 5.11 Å². The zero-order valence-electron chi connectivity index (χ0n) is 7.61. The van der Waals surface area contributed by atoms with Crippen molar-refractivity contribution in [1.82, 2.24) is 15.1 Å². The number of likely N-dealkylation sites (tertiary alicyclic amines) is 1. The lowest BCUT2D eigenvalue weighted by Crippen LogP contribution is -2.35. The largest absolute Gasteiger partial charge is 0.393 e. The SMILES string of the molecule is OC1CCN(Cc2ccn[nH]2)CC1. The quantitative estimate of drug-likeness (QED) is 0.693. The Morgan fingerprint density at radius 3 is 2.92 bits per heavy atom. The van der Waals surface area contributed by atoms with Gasteiger partial charge in [0.05, 0.1) is 6.10 Å². The molecule has 2 rings (SSSR count). The monoisotopic (exact) mass is 181 g/mol. The van der Waals surface area contributed by atoms with Crippen LogP contribution in [-0.2, 0) is 6.54 Å². The van der Waals surface area contributed by atoms with Gasteiger partial charge in [0.25, 0.3) is 0 Å². The molecule has 13 heavy (non-hydrogen) atoms. The molecule has 4 heteroatoms. The van der Waals surface area contributed by atoms with Crippen LogP contribution < -0.4 is 0 Å². The van der Waals surface area contributed by atoms with E-state index in [0.29, 0.717) is 0 Å². The summed E-state index contributed by atoms with van der Waals surface area (Å²) in [5.41, 5.74) is 1.15. The summed E-state index contributed by atoms with van der Waals surface area (Å²) in [4.78, 5) is 2.33. The highest BCUT2D eigenvalue weighted by Crippen LogP contribution is 2.11. The Morgan fingerprint density at radius 1 is 1.54 bits per heavy atom. The highest BCUT2D eigenvalue weighted by Gasteiger charge is 2.16. The maximum absolute atomic E-state index is 9.31. The molecule has 1 aromatic rings. The zero-order valence-corrected chi connectivity index (χ0v) is 7.61. The summed E-state index contributed by atoms with van der Waals surface area (Å²) in [6, 6.07) is 1.99. The zero-order chi connectivity index (χ0) is 9.10. The van der Waals surface area contributed by atoms with Gasteiger partial charge in [-0.15, -0.1) is 0 Å². The van der Waals surface area contributed by atoms with Crippen molar-refractivity contribution in [2.75, 3.05) is 13.1 Å². The van der Waals surface area contributed by atoms with Crippen LogP contribution in [0.5, 0.6) is 0 Å². The van der Waals surface area contributed by atoms with Crippen molar-refractivity contribution in [3.8, 4) is 0 Å². The number of aliphatic hydroxyl groups excluding tert-OH is 1. The van der Waals surface area contributed by atoms with E-state index in [9.17, 15) is 5.11 Å². The summed E-state index contributed by atoms with van der Waals surface area (Å²) < 4.78 is 0. The molecule has 1 aliphatic rings. The van der Waals surface area contributed by atoms with Gasteiger partial charge in [0.15, 0.2) is 0 Å². The minimum absolute atomic E-state index is 0.0852. The minimum atomic E-state index is -0.0852. The third-order valence-corrected chi connectivity index (χ3v) is 2.51. The standard InChI is InChI=1S/C9H15N3O/c13-9-2-5-12(6-3-9)7-8-1-4-10-11-8/h1,4,9,13H,2-3,5-7H2,(H,10,11). The minimum Gasteiger partial charge on any atom is -0.393 e. The predicted octanol–water partition coefficient (Wildman–Crippen LogP) is 0.366. The molecule has 1 aliphatic heterocycles. The van der Waals surface area contributed by atoms with Crippen molar-refractivity contribution in [2.24, 2.45) is 0 Å². The van der Waals surface area contributed by atoms with Crippen molar-refractivity contribution in [3.63, 3.8) is 0 Å². The lowest BCUT2D eigenvalue weighted by atomic mass is 10.1. The number of H-pyrrole nitrogens is 1. The Balaban J connectivity index is 1.83. The number of piperidine rings is 1. The van der Waals surface area contributed by atoms with E-state index in [1.807, 2.05) is 6.07 Å². The Bertz CT molecular complexity index is 239. The third kappa shape index (κ3) is 2.29. The second-order valence-electron chi connectivity index (χ2n) is 3.59. The highest BCUT2D eigenvalue weighted by atomic mass is 16.3. The average Bonchev–Trinajstić information content (AvgIpc) is 2.62. The van der Waals surface area contributed by atoms with Gasteiger partial charge in [-0.2, -0.15) is 5.10 Å². The first-order valence-corrected chi connectivity index (χ1v) is 4.73. The average molecular weight is 181 g/mol. The van der Waals surface area contributed by atoms with Crippen LogP contribution in [0.15, 0.2) is 12.3 Å². The molecular weight excluding hydrogens is 166 g/mol. The fraction of sp³-hybridized carbons (Fsp3) is 0.667. The molecule has 0 radical (unpaired) electrons. The van der Waals surface area contributed by atoms with Crippen LogP contribution in [0, 0.1) is 0 Å².